The third kappa shape index (κ3) is 1.49. The van der Waals surface area contributed by atoms with Crippen molar-refractivity contribution >= 4 is 39.9 Å². The zero-order valence-electron chi connectivity index (χ0n) is 7.14. The topological polar surface area (TPSA) is 40.5 Å². The van der Waals surface area contributed by atoms with Gasteiger partial charge >= 0.3 is 0 Å². The van der Waals surface area contributed by atoms with Gasteiger partial charge < -0.3 is 5.11 Å². The minimum atomic E-state index is -0.128. The lowest BCUT2D eigenvalue weighted by Gasteiger charge is -2.15. The number of hydrogen-bond donors (Lipinski definition) is 1. The number of aromatic hydroxyl groups is 1. The van der Waals surface area contributed by atoms with E-state index in [1.54, 1.807) is 18.2 Å². The van der Waals surface area contributed by atoms with Crippen LogP contribution in [0.4, 0.5) is 10.5 Å². The molecule has 0 unspecified atom stereocenters. The molecule has 2 rings (SSSR count). The first-order valence-electron chi connectivity index (χ1n) is 3.98. The molecule has 1 aliphatic heterocycles. The highest BCUT2D eigenvalue weighted by atomic mass is 32.2. The van der Waals surface area contributed by atoms with Gasteiger partial charge in [0.1, 0.15) is 10.7 Å². The number of hydrogen-bond acceptors (Lipinski definition) is 4. The molecule has 3 nitrogen and oxygen atoms in total. The number of para-hydroxylation sites is 2. The average molecular weight is 225 g/mol. The molecule has 5 heteroatoms. The van der Waals surface area contributed by atoms with Gasteiger partial charge in [-0.1, -0.05) is 36.1 Å². The molecule has 0 aliphatic carbocycles. The third-order valence-corrected chi connectivity index (χ3v) is 3.23. The van der Waals surface area contributed by atoms with Gasteiger partial charge in [-0.25, -0.2) is 0 Å². The number of rotatable bonds is 1. The Balaban J connectivity index is 2.44. The van der Waals surface area contributed by atoms with Crippen LogP contribution in [0.3, 0.4) is 0 Å². The fourth-order valence-corrected chi connectivity index (χ4v) is 2.37. The van der Waals surface area contributed by atoms with Gasteiger partial charge in [0.2, 0.25) is 0 Å². The minimum absolute atomic E-state index is 0.0747. The number of benzene rings is 1. The number of thiocarbonyl (C=S) groups is 1. The highest BCUT2D eigenvalue weighted by Crippen LogP contribution is 2.33. The SMILES string of the molecule is O=C1SCC(=S)N1c1ccccc1O. The average Bonchev–Trinajstić information content (AvgIpc) is 2.48. The summed E-state index contributed by atoms with van der Waals surface area (Å²) in [6.07, 6.45) is 0. The van der Waals surface area contributed by atoms with Gasteiger partial charge in [0, 0.05) is 0 Å². The van der Waals surface area contributed by atoms with Crippen LogP contribution in [0.2, 0.25) is 0 Å². The summed E-state index contributed by atoms with van der Waals surface area (Å²) in [4.78, 5) is 13.3. The Bertz CT molecular complexity index is 390. The van der Waals surface area contributed by atoms with E-state index in [4.69, 9.17) is 12.2 Å². The second-order valence-electron chi connectivity index (χ2n) is 2.77. The number of carbonyl (C=O) groups is 1. The summed E-state index contributed by atoms with van der Waals surface area (Å²) in [5.41, 5.74) is 0.465. The summed E-state index contributed by atoms with van der Waals surface area (Å²) in [5.74, 6) is 0.591. The number of thioether (sulfide) groups is 1. The Kier molecular flexibility index (Phi) is 2.43. The van der Waals surface area contributed by atoms with Crippen molar-refractivity contribution in [1.29, 1.82) is 0 Å². The van der Waals surface area contributed by atoms with Crippen LogP contribution in [0.15, 0.2) is 24.3 Å². The van der Waals surface area contributed by atoms with E-state index in [-0.39, 0.29) is 11.0 Å². The van der Waals surface area contributed by atoms with Crippen LogP contribution in [0.1, 0.15) is 0 Å². The number of phenolic OH excluding ortho intramolecular Hbond substituents is 1. The summed E-state index contributed by atoms with van der Waals surface area (Å²) in [6, 6.07) is 6.67. The molecule has 0 bridgehead atoms. The van der Waals surface area contributed by atoms with Gasteiger partial charge in [-0.3, -0.25) is 9.69 Å². The van der Waals surface area contributed by atoms with E-state index in [1.165, 1.54) is 11.0 Å². The maximum Gasteiger partial charge on any atom is 0.291 e. The molecule has 0 radical (unpaired) electrons. The largest absolute Gasteiger partial charge is 0.506 e. The molecular formula is C9H7NO2S2. The number of phenols is 1. The fraction of sp³-hybridized carbons (Fsp3) is 0.111. The van der Waals surface area contributed by atoms with Crippen LogP contribution in [-0.2, 0) is 0 Å². The molecule has 1 heterocycles. The monoisotopic (exact) mass is 225 g/mol. The highest BCUT2D eigenvalue weighted by molar-refractivity contribution is 8.16. The first-order chi connectivity index (χ1) is 6.70. The van der Waals surface area contributed by atoms with Crippen molar-refractivity contribution in [2.75, 3.05) is 10.7 Å². The first-order valence-corrected chi connectivity index (χ1v) is 5.37. The van der Waals surface area contributed by atoms with E-state index in [2.05, 4.69) is 0 Å². The standard InChI is InChI=1S/C9H7NO2S2/c11-7-4-2-1-3-6(7)10-8(13)5-14-9(10)12/h1-4,11H,5H2. The number of amides is 1. The van der Waals surface area contributed by atoms with Crippen LogP contribution in [0, 0.1) is 0 Å². The fourth-order valence-electron chi connectivity index (χ4n) is 1.24. The van der Waals surface area contributed by atoms with Gasteiger partial charge in [-0.05, 0) is 12.1 Å². The van der Waals surface area contributed by atoms with Crippen molar-refractivity contribution in [2.45, 2.75) is 0 Å². The normalized spacial score (nSPS) is 16.4. The molecule has 14 heavy (non-hydrogen) atoms. The molecule has 1 N–H and O–H groups in total. The van der Waals surface area contributed by atoms with Crippen molar-refractivity contribution < 1.29 is 9.90 Å². The molecule has 1 amide bonds. The van der Waals surface area contributed by atoms with Crippen molar-refractivity contribution in [3.8, 4) is 5.75 Å². The van der Waals surface area contributed by atoms with Gasteiger partial charge in [0.05, 0.1) is 11.4 Å². The second-order valence-corrected chi connectivity index (χ2v) is 4.17. The Morgan fingerprint density at radius 2 is 2.14 bits per heavy atom. The second kappa shape index (κ2) is 3.59. The molecule has 1 aromatic rings. The molecular weight excluding hydrogens is 218 g/mol. The molecule has 1 fully saturated rings. The number of nitrogens with zero attached hydrogens (tertiary/aromatic N) is 1. The van der Waals surface area contributed by atoms with Crippen molar-refractivity contribution in [2.24, 2.45) is 0 Å². The Hall–Kier alpha value is -1.07. The smallest absolute Gasteiger partial charge is 0.291 e. The molecule has 1 aliphatic rings. The zero-order chi connectivity index (χ0) is 10.1. The zero-order valence-corrected chi connectivity index (χ0v) is 8.77. The minimum Gasteiger partial charge on any atom is -0.506 e. The molecule has 0 spiro atoms. The van der Waals surface area contributed by atoms with E-state index in [0.29, 0.717) is 16.4 Å². The predicted octanol–water partition coefficient (Wildman–Crippen LogP) is 2.39. The van der Waals surface area contributed by atoms with Crippen molar-refractivity contribution in [1.82, 2.24) is 0 Å². The van der Waals surface area contributed by atoms with E-state index in [9.17, 15) is 9.90 Å². The van der Waals surface area contributed by atoms with Crippen LogP contribution in [-0.4, -0.2) is 21.1 Å². The molecule has 0 atom stereocenters. The van der Waals surface area contributed by atoms with E-state index in [1.807, 2.05) is 0 Å². The molecule has 0 aromatic heterocycles. The lowest BCUT2D eigenvalue weighted by atomic mass is 10.3. The van der Waals surface area contributed by atoms with Gasteiger partial charge in [0.15, 0.2) is 0 Å². The molecule has 72 valence electrons. The predicted molar refractivity (Wildman–Crippen MR) is 61.0 cm³/mol. The first kappa shape index (κ1) is 9.48. The van der Waals surface area contributed by atoms with Gasteiger partial charge in [0.25, 0.3) is 5.24 Å². The summed E-state index contributed by atoms with van der Waals surface area (Å²) < 4.78 is 0. The van der Waals surface area contributed by atoms with Crippen LogP contribution < -0.4 is 4.90 Å². The lowest BCUT2D eigenvalue weighted by molar-refractivity contribution is 0.267. The summed E-state index contributed by atoms with van der Waals surface area (Å²) in [7, 11) is 0. The summed E-state index contributed by atoms with van der Waals surface area (Å²) in [6.45, 7) is 0. The summed E-state index contributed by atoms with van der Waals surface area (Å²) >= 11 is 6.18. The molecule has 0 saturated carbocycles. The molecule has 1 aromatic carbocycles. The number of carbonyl (C=O) groups excluding carboxylic acids is 1. The van der Waals surface area contributed by atoms with Gasteiger partial charge in [-0.15, -0.1) is 0 Å². The third-order valence-electron chi connectivity index (χ3n) is 1.87. The van der Waals surface area contributed by atoms with Crippen LogP contribution in [0.25, 0.3) is 0 Å². The van der Waals surface area contributed by atoms with Crippen molar-refractivity contribution in [3.05, 3.63) is 24.3 Å². The highest BCUT2D eigenvalue weighted by Gasteiger charge is 2.29. The number of anilines is 1. The van der Waals surface area contributed by atoms with E-state index < -0.39 is 0 Å². The summed E-state index contributed by atoms with van der Waals surface area (Å²) in [5, 5.41) is 9.42. The van der Waals surface area contributed by atoms with Crippen LogP contribution in [0.5, 0.6) is 5.75 Å². The quantitative estimate of drug-likeness (QED) is 0.745. The van der Waals surface area contributed by atoms with E-state index >= 15 is 0 Å². The molecule has 1 saturated heterocycles. The lowest BCUT2D eigenvalue weighted by Crippen LogP contribution is -2.26. The van der Waals surface area contributed by atoms with Crippen LogP contribution >= 0.6 is 24.0 Å². The Morgan fingerprint density at radius 3 is 2.71 bits per heavy atom. The Labute approximate surface area is 90.7 Å². The van der Waals surface area contributed by atoms with E-state index in [0.717, 1.165) is 11.8 Å². The maximum atomic E-state index is 11.4. The Morgan fingerprint density at radius 1 is 1.43 bits per heavy atom. The maximum absolute atomic E-state index is 11.4. The van der Waals surface area contributed by atoms with Crippen molar-refractivity contribution in [3.63, 3.8) is 0 Å². The van der Waals surface area contributed by atoms with Gasteiger partial charge in [-0.2, -0.15) is 0 Å².